The zero-order valence-corrected chi connectivity index (χ0v) is 13.4. The van der Waals surface area contributed by atoms with Crippen molar-refractivity contribution in [2.75, 3.05) is 26.2 Å². The van der Waals surface area contributed by atoms with E-state index in [-0.39, 0.29) is 18.1 Å². The molecule has 1 amide bonds. The summed E-state index contributed by atoms with van der Waals surface area (Å²) in [6.45, 7) is 10.5. The molecular formula is C17H27N3O. The molecule has 0 spiro atoms. The standard InChI is InChI=1S/C17H27N3O/c1-4-19(5-2)12-9-13-20-14(3)18-16(17(20)21)15-10-7-6-8-11-15/h6-8,10-11,14,16,18H,4-5,9,12-13H2,1-3H3. The smallest absolute Gasteiger partial charge is 0.245 e. The van der Waals surface area contributed by atoms with Gasteiger partial charge < -0.3 is 9.80 Å². The lowest BCUT2D eigenvalue weighted by Gasteiger charge is -2.23. The van der Waals surface area contributed by atoms with Crippen LogP contribution in [0.25, 0.3) is 0 Å². The molecule has 116 valence electrons. The summed E-state index contributed by atoms with van der Waals surface area (Å²) in [6, 6.07) is 9.79. The summed E-state index contributed by atoms with van der Waals surface area (Å²) in [7, 11) is 0. The van der Waals surface area contributed by atoms with Crippen LogP contribution < -0.4 is 5.32 Å². The largest absolute Gasteiger partial charge is 0.326 e. The van der Waals surface area contributed by atoms with E-state index in [1.807, 2.05) is 35.2 Å². The lowest BCUT2D eigenvalue weighted by Crippen LogP contribution is -2.37. The Labute approximate surface area is 128 Å². The Balaban J connectivity index is 1.91. The fourth-order valence-corrected chi connectivity index (χ4v) is 2.95. The van der Waals surface area contributed by atoms with E-state index in [4.69, 9.17) is 0 Å². The number of amides is 1. The lowest BCUT2D eigenvalue weighted by molar-refractivity contribution is -0.130. The predicted molar refractivity (Wildman–Crippen MR) is 85.9 cm³/mol. The van der Waals surface area contributed by atoms with E-state index in [1.54, 1.807) is 0 Å². The Kier molecular flexibility index (Phi) is 5.76. The van der Waals surface area contributed by atoms with Crippen LogP contribution in [0.1, 0.15) is 38.8 Å². The zero-order chi connectivity index (χ0) is 15.2. The first kappa shape index (κ1) is 16.0. The first-order valence-electron chi connectivity index (χ1n) is 8.01. The fourth-order valence-electron chi connectivity index (χ4n) is 2.95. The van der Waals surface area contributed by atoms with Gasteiger partial charge in [0.25, 0.3) is 0 Å². The molecule has 2 atom stereocenters. The van der Waals surface area contributed by atoms with E-state index in [0.29, 0.717) is 0 Å². The summed E-state index contributed by atoms with van der Waals surface area (Å²) in [4.78, 5) is 17.0. The Morgan fingerprint density at radius 1 is 1.19 bits per heavy atom. The SMILES string of the molecule is CCN(CC)CCCN1C(=O)C(c2ccccc2)NC1C. The van der Waals surface area contributed by atoms with E-state index in [0.717, 1.165) is 38.2 Å². The molecule has 2 unspecified atom stereocenters. The molecule has 0 radical (unpaired) electrons. The number of nitrogens with one attached hydrogen (secondary N) is 1. The maximum atomic E-state index is 12.6. The molecule has 21 heavy (non-hydrogen) atoms. The highest BCUT2D eigenvalue weighted by Crippen LogP contribution is 2.23. The van der Waals surface area contributed by atoms with Gasteiger partial charge in [0, 0.05) is 6.54 Å². The summed E-state index contributed by atoms with van der Waals surface area (Å²) in [5.74, 6) is 0.202. The lowest BCUT2D eigenvalue weighted by atomic mass is 10.1. The molecule has 4 heteroatoms. The molecule has 2 rings (SSSR count). The number of carbonyl (C=O) groups excluding carboxylic acids is 1. The van der Waals surface area contributed by atoms with Crippen molar-refractivity contribution in [3.63, 3.8) is 0 Å². The van der Waals surface area contributed by atoms with Gasteiger partial charge in [-0.25, -0.2) is 0 Å². The molecule has 1 fully saturated rings. The predicted octanol–water partition coefficient (Wildman–Crippen LogP) is 2.24. The first-order chi connectivity index (χ1) is 10.2. The Hall–Kier alpha value is -1.39. The van der Waals surface area contributed by atoms with Gasteiger partial charge in [0.1, 0.15) is 6.04 Å². The Bertz CT molecular complexity index is 445. The molecule has 1 aromatic rings. The van der Waals surface area contributed by atoms with Crippen LogP contribution in [0.3, 0.4) is 0 Å². The van der Waals surface area contributed by atoms with Crippen LogP contribution in [0.2, 0.25) is 0 Å². The monoisotopic (exact) mass is 289 g/mol. The maximum Gasteiger partial charge on any atom is 0.245 e. The first-order valence-corrected chi connectivity index (χ1v) is 8.01. The third kappa shape index (κ3) is 3.83. The summed E-state index contributed by atoms with van der Waals surface area (Å²) in [5.41, 5.74) is 1.06. The molecule has 4 nitrogen and oxygen atoms in total. The van der Waals surface area contributed by atoms with Gasteiger partial charge >= 0.3 is 0 Å². The summed E-state index contributed by atoms with van der Waals surface area (Å²) >= 11 is 0. The number of carbonyl (C=O) groups is 1. The quantitative estimate of drug-likeness (QED) is 0.836. The topological polar surface area (TPSA) is 35.6 Å². The minimum Gasteiger partial charge on any atom is -0.326 e. The van der Waals surface area contributed by atoms with Crippen molar-refractivity contribution < 1.29 is 4.79 Å². The summed E-state index contributed by atoms with van der Waals surface area (Å²) < 4.78 is 0. The van der Waals surface area contributed by atoms with Gasteiger partial charge in [0.05, 0.1) is 6.17 Å². The third-order valence-electron chi connectivity index (χ3n) is 4.31. The van der Waals surface area contributed by atoms with Crippen molar-refractivity contribution in [3.8, 4) is 0 Å². The molecule has 1 aromatic carbocycles. The van der Waals surface area contributed by atoms with Crippen LogP contribution in [-0.2, 0) is 4.79 Å². The van der Waals surface area contributed by atoms with Gasteiger partial charge in [0.2, 0.25) is 5.91 Å². The molecule has 1 aliphatic heterocycles. The molecule has 0 saturated carbocycles. The van der Waals surface area contributed by atoms with Crippen molar-refractivity contribution in [1.82, 2.24) is 15.1 Å². The van der Waals surface area contributed by atoms with Crippen molar-refractivity contribution in [2.45, 2.75) is 39.4 Å². The van der Waals surface area contributed by atoms with E-state index in [2.05, 4.69) is 31.0 Å². The second kappa shape index (κ2) is 7.57. The van der Waals surface area contributed by atoms with Crippen LogP contribution in [0.4, 0.5) is 0 Å². The van der Waals surface area contributed by atoms with E-state index >= 15 is 0 Å². The zero-order valence-electron chi connectivity index (χ0n) is 13.4. The average molecular weight is 289 g/mol. The number of hydrogen-bond donors (Lipinski definition) is 1. The fraction of sp³-hybridized carbons (Fsp3) is 0.588. The second-order valence-electron chi connectivity index (χ2n) is 5.60. The van der Waals surface area contributed by atoms with Gasteiger partial charge in [-0.05, 0) is 38.5 Å². The highest BCUT2D eigenvalue weighted by Gasteiger charge is 2.36. The molecule has 1 N–H and O–H groups in total. The van der Waals surface area contributed by atoms with Gasteiger partial charge in [-0.3, -0.25) is 10.1 Å². The van der Waals surface area contributed by atoms with Gasteiger partial charge in [-0.2, -0.15) is 0 Å². The van der Waals surface area contributed by atoms with Gasteiger partial charge in [0.15, 0.2) is 0 Å². The minimum absolute atomic E-state index is 0.111. The van der Waals surface area contributed by atoms with Crippen molar-refractivity contribution >= 4 is 5.91 Å². The highest BCUT2D eigenvalue weighted by molar-refractivity contribution is 5.85. The number of rotatable bonds is 7. The van der Waals surface area contributed by atoms with E-state index < -0.39 is 0 Å². The molecule has 1 heterocycles. The van der Waals surface area contributed by atoms with Crippen LogP contribution in [0.5, 0.6) is 0 Å². The maximum absolute atomic E-state index is 12.6. The van der Waals surface area contributed by atoms with Crippen molar-refractivity contribution in [3.05, 3.63) is 35.9 Å². The van der Waals surface area contributed by atoms with Crippen molar-refractivity contribution in [2.24, 2.45) is 0 Å². The van der Waals surface area contributed by atoms with Crippen LogP contribution in [0, 0.1) is 0 Å². The number of hydrogen-bond acceptors (Lipinski definition) is 3. The van der Waals surface area contributed by atoms with E-state index in [9.17, 15) is 4.79 Å². The van der Waals surface area contributed by atoms with Crippen LogP contribution in [0.15, 0.2) is 30.3 Å². The molecule has 1 aliphatic rings. The Morgan fingerprint density at radius 2 is 1.86 bits per heavy atom. The average Bonchev–Trinajstić information content (AvgIpc) is 2.80. The number of benzene rings is 1. The van der Waals surface area contributed by atoms with Crippen LogP contribution in [-0.4, -0.2) is 48.1 Å². The molecule has 0 bridgehead atoms. The van der Waals surface area contributed by atoms with Gasteiger partial charge in [-0.15, -0.1) is 0 Å². The Morgan fingerprint density at radius 3 is 2.48 bits per heavy atom. The van der Waals surface area contributed by atoms with Gasteiger partial charge in [-0.1, -0.05) is 44.2 Å². The normalized spacial score (nSPS) is 22.3. The molecule has 0 aliphatic carbocycles. The summed E-state index contributed by atoms with van der Waals surface area (Å²) in [6.07, 6.45) is 1.14. The third-order valence-corrected chi connectivity index (χ3v) is 4.31. The van der Waals surface area contributed by atoms with E-state index in [1.165, 1.54) is 0 Å². The molecule has 0 aromatic heterocycles. The van der Waals surface area contributed by atoms with Crippen LogP contribution >= 0.6 is 0 Å². The number of nitrogens with zero attached hydrogens (tertiary/aromatic N) is 2. The molecule has 1 saturated heterocycles. The molecular weight excluding hydrogens is 262 g/mol. The van der Waals surface area contributed by atoms with Crippen molar-refractivity contribution in [1.29, 1.82) is 0 Å². The highest BCUT2D eigenvalue weighted by atomic mass is 16.2. The summed E-state index contributed by atoms with van der Waals surface area (Å²) in [5, 5.41) is 3.40. The second-order valence-corrected chi connectivity index (χ2v) is 5.60. The minimum atomic E-state index is -0.186.